The van der Waals surface area contributed by atoms with Gasteiger partial charge in [0.05, 0.1) is 23.4 Å². The Morgan fingerprint density at radius 3 is 2.95 bits per heavy atom. The van der Waals surface area contributed by atoms with Gasteiger partial charge in [-0.15, -0.1) is 0 Å². The lowest BCUT2D eigenvalue weighted by Crippen LogP contribution is -2.17. The third kappa shape index (κ3) is 1.59. The number of nitrogens with zero attached hydrogens (tertiary/aromatic N) is 3. The van der Waals surface area contributed by atoms with Crippen LogP contribution in [0.3, 0.4) is 0 Å². The molecule has 1 fully saturated rings. The number of hydrogen-bond donors (Lipinski definition) is 1. The predicted octanol–water partition coefficient (Wildman–Crippen LogP) is 3.50. The first-order chi connectivity index (χ1) is 9.34. The zero-order valence-corrected chi connectivity index (χ0v) is 11.1. The number of fused-ring (bicyclic) bond motifs is 3. The van der Waals surface area contributed by atoms with Crippen molar-refractivity contribution in [3.05, 3.63) is 30.5 Å². The van der Waals surface area contributed by atoms with Crippen LogP contribution in [0.15, 0.2) is 24.7 Å². The number of aromatic amines is 1. The van der Waals surface area contributed by atoms with E-state index in [0.717, 1.165) is 22.6 Å². The summed E-state index contributed by atoms with van der Waals surface area (Å²) >= 11 is 0. The van der Waals surface area contributed by atoms with Crippen LogP contribution in [0.2, 0.25) is 0 Å². The number of hydrogen-bond acceptors (Lipinski definition) is 2. The van der Waals surface area contributed by atoms with Crippen molar-refractivity contribution in [1.29, 1.82) is 0 Å². The molecule has 1 aliphatic carbocycles. The molecule has 3 aromatic heterocycles. The van der Waals surface area contributed by atoms with Crippen LogP contribution in [0.1, 0.15) is 44.3 Å². The minimum absolute atomic E-state index is 0.580. The van der Waals surface area contributed by atoms with Gasteiger partial charge in [-0.1, -0.05) is 26.2 Å². The normalized spacial score (nSPS) is 24.3. The third-order valence-electron chi connectivity index (χ3n) is 4.53. The van der Waals surface area contributed by atoms with Crippen molar-refractivity contribution in [2.24, 2.45) is 5.92 Å². The van der Waals surface area contributed by atoms with E-state index >= 15 is 0 Å². The number of rotatable bonds is 1. The number of nitrogens with one attached hydrogen (secondary N) is 1. The minimum atomic E-state index is 0.580. The van der Waals surface area contributed by atoms with Crippen LogP contribution in [-0.2, 0) is 0 Å². The van der Waals surface area contributed by atoms with Crippen LogP contribution < -0.4 is 0 Å². The maximum atomic E-state index is 4.71. The first-order valence-corrected chi connectivity index (χ1v) is 7.14. The molecule has 4 heteroatoms. The van der Waals surface area contributed by atoms with Crippen molar-refractivity contribution in [2.75, 3.05) is 0 Å². The maximum absolute atomic E-state index is 4.71. The predicted molar refractivity (Wildman–Crippen MR) is 75.2 cm³/mol. The van der Waals surface area contributed by atoms with E-state index in [4.69, 9.17) is 4.98 Å². The Balaban J connectivity index is 1.96. The van der Waals surface area contributed by atoms with Crippen molar-refractivity contribution in [3.63, 3.8) is 0 Å². The van der Waals surface area contributed by atoms with Gasteiger partial charge in [-0.3, -0.25) is 4.40 Å². The quantitative estimate of drug-likeness (QED) is 0.722. The molecule has 0 aliphatic heterocycles. The highest BCUT2D eigenvalue weighted by Crippen LogP contribution is 2.37. The molecule has 4 rings (SSSR count). The topological polar surface area (TPSA) is 46.0 Å². The fourth-order valence-corrected chi connectivity index (χ4v) is 3.46. The monoisotopic (exact) mass is 254 g/mol. The summed E-state index contributed by atoms with van der Waals surface area (Å²) in [6, 6.07) is 2.09. The van der Waals surface area contributed by atoms with Gasteiger partial charge in [-0.2, -0.15) is 0 Å². The minimum Gasteiger partial charge on any atom is -0.345 e. The molecule has 0 radical (unpaired) electrons. The SMILES string of the molecule is C[C@@H]1CCCC[C@@H]1c1ncc2cnc3[nH]ccc3n12. The van der Waals surface area contributed by atoms with Crippen LogP contribution in [-0.4, -0.2) is 19.4 Å². The summed E-state index contributed by atoms with van der Waals surface area (Å²) in [6.45, 7) is 2.36. The molecule has 3 aromatic rings. The van der Waals surface area contributed by atoms with E-state index in [1.54, 1.807) is 0 Å². The van der Waals surface area contributed by atoms with Gasteiger partial charge in [0, 0.05) is 12.1 Å². The molecule has 1 aliphatic rings. The second-order valence-corrected chi connectivity index (χ2v) is 5.71. The molecule has 0 aromatic carbocycles. The molecule has 3 heterocycles. The molecule has 2 atom stereocenters. The van der Waals surface area contributed by atoms with Gasteiger partial charge in [-0.25, -0.2) is 9.97 Å². The standard InChI is InChI=1S/C15H18N4/c1-10-4-2-3-5-12(10)15-18-9-11-8-17-14-13(19(11)15)6-7-16-14/h6-10,12,16H,2-5H2,1H3/t10-,12+/m1/s1. The summed E-state index contributed by atoms with van der Waals surface area (Å²) in [6.07, 6.45) is 11.1. The van der Waals surface area contributed by atoms with Crippen LogP contribution in [0.5, 0.6) is 0 Å². The molecule has 19 heavy (non-hydrogen) atoms. The van der Waals surface area contributed by atoms with Crippen molar-refractivity contribution in [1.82, 2.24) is 19.4 Å². The highest BCUT2D eigenvalue weighted by Gasteiger charge is 2.26. The van der Waals surface area contributed by atoms with Gasteiger partial charge in [0.25, 0.3) is 0 Å². The maximum Gasteiger partial charge on any atom is 0.154 e. The van der Waals surface area contributed by atoms with Crippen LogP contribution in [0.25, 0.3) is 16.7 Å². The molecule has 0 saturated heterocycles. The average molecular weight is 254 g/mol. The first kappa shape index (κ1) is 11.0. The Kier molecular flexibility index (Phi) is 2.37. The summed E-state index contributed by atoms with van der Waals surface area (Å²) in [5.74, 6) is 2.52. The Bertz CT molecular complexity index is 724. The Labute approximate surface area is 111 Å². The van der Waals surface area contributed by atoms with Gasteiger partial charge in [0.15, 0.2) is 5.65 Å². The summed E-state index contributed by atoms with van der Waals surface area (Å²) in [4.78, 5) is 12.3. The lowest BCUT2D eigenvalue weighted by atomic mass is 9.80. The van der Waals surface area contributed by atoms with Crippen molar-refractivity contribution in [3.8, 4) is 0 Å². The number of imidazole rings is 1. The largest absolute Gasteiger partial charge is 0.345 e. The fraction of sp³-hybridized carbons (Fsp3) is 0.467. The Hall–Kier alpha value is -1.84. The smallest absolute Gasteiger partial charge is 0.154 e. The summed E-state index contributed by atoms with van der Waals surface area (Å²) in [5.41, 5.74) is 3.18. The van der Waals surface area contributed by atoms with E-state index in [9.17, 15) is 0 Å². The molecule has 4 nitrogen and oxygen atoms in total. The molecule has 0 unspecified atom stereocenters. The molecular formula is C15H18N4. The molecule has 1 N–H and O–H groups in total. The summed E-state index contributed by atoms with van der Waals surface area (Å²) < 4.78 is 2.28. The zero-order chi connectivity index (χ0) is 12.8. The van der Waals surface area contributed by atoms with E-state index in [1.807, 2.05) is 18.6 Å². The average Bonchev–Trinajstić information content (AvgIpc) is 3.04. The van der Waals surface area contributed by atoms with Crippen LogP contribution in [0.4, 0.5) is 0 Å². The third-order valence-corrected chi connectivity index (χ3v) is 4.53. The van der Waals surface area contributed by atoms with E-state index in [2.05, 4.69) is 27.4 Å². The first-order valence-electron chi connectivity index (χ1n) is 7.14. The van der Waals surface area contributed by atoms with Gasteiger partial charge < -0.3 is 4.98 Å². The van der Waals surface area contributed by atoms with Gasteiger partial charge in [-0.05, 0) is 18.4 Å². The lowest BCUT2D eigenvalue weighted by molar-refractivity contribution is 0.319. The molecule has 1 saturated carbocycles. The molecule has 0 amide bonds. The fourth-order valence-electron chi connectivity index (χ4n) is 3.46. The van der Waals surface area contributed by atoms with E-state index in [0.29, 0.717) is 5.92 Å². The highest BCUT2D eigenvalue weighted by molar-refractivity contribution is 5.75. The second-order valence-electron chi connectivity index (χ2n) is 5.71. The molecule has 98 valence electrons. The van der Waals surface area contributed by atoms with Crippen LogP contribution >= 0.6 is 0 Å². The lowest BCUT2D eigenvalue weighted by Gasteiger charge is -2.27. The zero-order valence-electron chi connectivity index (χ0n) is 11.1. The summed E-state index contributed by atoms with van der Waals surface area (Å²) in [7, 11) is 0. The Morgan fingerprint density at radius 1 is 1.21 bits per heavy atom. The van der Waals surface area contributed by atoms with Crippen molar-refractivity contribution >= 4 is 16.7 Å². The van der Waals surface area contributed by atoms with Crippen molar-refractivity contribution < 1.29 is 0 Å². The van der Waals surface area contributed by atoms with Crippen LogP contribution in [0, 0.1) is 5.92 Å². The highest BCUT2D eigenvalue weighted by atomic mass is 15.1. The molecule has 0 bridgehead atoms. The van der Waals surface area contributed by atoms with Gasteiger partial charge >= 0.3 is 0 Å². The number of H-pyrrole nitrogens is 1. The number of aromatic nitrogens is 4. The van der Waals surface area contributed by atoms with Crippen molar-refractivity contribution in [2.45, 2.75) is 38.5 Å². The Morgan fingerprint density at radius 2 is 2.05 bits per heavy atom. The van der Waals surface area contributed by atoms with E-state index in [-0.39, 0.29) is 0 Å². The second kappa shape index (κ2) is 4.08. The van der Waals surface area contributed by atoms with Gasteiger partial charge in [0.1, 0.15) is 5.82 Å². The van der Waals surface area contributed by atoms with E-state index in [1.165, 1.54) is 31.5 Å². The molecular weight excluding hydrogens is 236 g/mol. The molecule has 0 spiro atoms. The summed E-state index contributed by atoms with van der Waals surface area (Å²) in [5, 5.41) is 0. The van der Waals surface area contributed by atoms with E-state index < -0.39 is 0 Å². The van der Waals surface area contributed by atoms with Gasteiger partial charge in [0.2, 0.25) is 0 Å².